The number of anilines is 3. The Balaban J connectivity index is 1.13. The van der Waals surface area contributed by atoms with Crippen molar-refractivity contribution in [2.45, 2.75) is 0 Å². The van der Waals surface area contributed by atoms with Gasteiger partial charge in [0.15, 0.2) is 0 Å². The number of nitrogens with zero attached hydrogens (tertiary/aromatic N) is 2. The highest BCUT2D eigenvalue weighted by Gasteiger charge is 2.18. The van der Waals surface area contributed by atoms with Gasteiger partial charge in [0.1, 0.15) is 16.7 Å². The Labute approximate surface area is 282 Å². The summed E-state index contributed by atoms with van der Waals surface area (Å²) in [5, 5.41) is 6.52. The van der Waals surface area contributed by atoms with Crippen LogP contribution in [0.4, 0.5) is 17.1 Å². The summed E-state index contributed by atoms with van der Waals surface area (Å²) in [4.78, 5) is 6.98. The lowest BCUT2D eigenvalue weighted by molar-refractivity contribution is 0.654. The highest BCUT2D eigenvalue weighted by atomic mass is 16.3. The molecule has 10 aromatic rings. The van der Waals surface area contributed by atoms with Crippen molar-refractivity contribution in [3.05, 3.63) is 170 Å². The summed E-state index contributed by atoms with van der Waals surface area (Å²) < 4.78 is 12.5. The van der Waals surface area contributed by atoms with Gasteiger partial charge in [0, 0.05) is 50.4 Å². The molecule has 7 aromatic carbocycles. The van der Waals surface area contributed by atoms with Crippen molar-refractivity contribution >= 4 is 71.8 Å². The number of hydrogen-bond acceptors (Lipinski definition) is 4. The van der Waals surface area contributed by atoms with Crippen LogP contribution in [0.15, 0.2) is 179 Å². The van der Waals surface area contributed by atoms with Crippen LogP contribution in [0.1, 0.15) is 0 Å². The van der Waals surface area contributed by atoms with Crippen LogP contribution in [-0.4, -0.2) is 4.98 Å². The Kier molecular flexibility index (Phi) is 6.15. The molecule has 3 aromatic heterocycles. The minimum absolute atomic E-state index is 0.647. The zero-order valence-electron chi connectivity index (χ0n) is 26.4. The molecule has 0 fully saturated rings. The van der Waals surface area contributed by atoms with Crippen molar-refractivity contribution in [3.8, 4) is 22.3 Å². The number of fused-ring (bicyclic) bond motifs is 8. The van der Waals surface area contributed by atoms with E-state index >= 15 is 0 Å². The molecule has 0 N–H and O–H groups in total. The Morgan fingerprint density at radius 2 is 1.04 bits per heavy atom. The normalized spacial score (nSPS) is 11.7. The van der Waals surface area contributed by atoms with E-state index < -0.39 is 0 Å². The third-order valence-electron chi connectivity index (χ3n) is 9.54. The molecule has 0 radical (unpaired) electrons. The van der Waals surface area contributed by atoms with E-state index in [1.807, 2.05) is 42.6 Å². The largest absolute Gasteiger partial charge is 0.455 e. The summed E-state index contributed by atoms with van der Waals surface area (Å²) in [6.07, 6.45) is 1.90. The summed E-state index contributed by atoms with van der Waals surface area (Å²) in [6.45, 7) is 0. The number of rotatable bonds is 5. The molecule has 0 bridgehead atoms. The van der Waals surface area contributed by atoms with Crippen LogP contribution in [0, 0.1) is 0 Å². The predicted octanol–water partition coefficient (Wildman–Crippen LogP) is 12.8. The van der Waals surface area contributed by atoms with Crippen molar-refractivity contribution in [2.24, 2.45) is 0 Å². The van der Waals surface area contributed by atoms with Crippen molar-refractivity contribution in [1.29, 1.82) is 0 Å². The Hall–Kier alpha value is -6.65. The molecule has 10 rings (SSSR count). The molecule has 0 spiro atoms. The highest BCUT2D eigenvalue weighted by Crippen LogP contribution is 2.41. The highest BCUT2D eigenvalue weighted by molar-refractivity contribution is 6.18. The molecule has 230 valence electrons. The molecule has 3 heterocycles. The molecule has 4 nitrogen and oxygen atoms in total. The number of furan rings is 2. The zero-order chi connectivity index (χ0) is 32.3. The molecule has 49 heavy (non-hydrogen) atoms. The molecule has 4 heteroatoms. The summed E-state index contributed by atoms with van der Waals surface area (Å²) in [5.74, 6) is 0. The van der Waals surface area contributed by atoms with Gasteiger partial charge in [-0.25, -0.2) is 4.98 Å². The predicted molar refractivity (Wildman–Crippen MR) is 202 cm³/mol. The van der Waals surface area contributed by atoms with E-state index in [4.69, 9.17) is 8.83 Å². The fourth-order valence-corrected chi connectivity index (χ4v) is 7.17. The molecule has 0 aliphatic carbocycles. The second kappa shape index (κ2) is 11.0. The molecular weight excluding hydrogens is 601 g/mol. The van der Waals surface area contributed by atoms with Gasteiger partial charge in [0.25, 0.3) is 0 Å². The fourth-order valence-electron chi connectivity index (χ4n) is 7.17. The van der Waals surface area contributed by atoms with Crippen LogP contribution < -0.4 is 4.90 Å². The van der Waals surface area contributed by atoms with E-state index in [9.17, 15) is 0 Å². The summed E-state index contributed by atoms with van der Waals surface area (Å²) in [6, 6.07) is 57.4. The van der Waals surface area contributed by atoms with Crippen molar-refractivity contribution in [1.82, 2.24) is 4.98 Å². The maximum Gasteiger partial charge on any atom is 0.227 e. The van der Waals surface area contributed by atoms with Gasteiger partial charge in [-0.2, -0.15) is 0 Å². The van der Waals surface area contributed by atoms with Gasteiger partial charge in [0.2, 0.25) is 5.71 Å². The second-order valence-corrected chi connectivity index (χ2v) is 12.4. The molecule has 0 saturated heterocycles. The van der Waals surface area contributed by atoms with Gasteiger partial charge >= 0.3 is 0 Å². The first kappa shape index (κ1) is 27.5. The lowest BCUT2D eigenvalue weighted by Gasteiger charge is -2.26. The fraction of sp³-hybridized carbons (Fsp3) is 0. The molecule has 0 amide bonds. The minimum atomic E-state index is 0.647. The van der Waals surface area contributed by atoms with E-state index in [-0.39, 0.29) is 0 Å². The third kappa shape index (κ3) is 4.49. The van der Waals surface area contributed by atoms with Crippen LogP contribution in [0.25, 0.3) is 77.0 Å². The average molecular weight is 629 g/mol. The van der Waals surface area contributed by atoms with Gasteiger partial charge in [-0.15, -0.1) is 0 Å². The number of hydrogen-bond donors (Lipinski definition) is 0. The topological polar surface area (TPSA) is 42.4 Å². The third-order valence-corrected chi connectivity index (χ3v) is 9.54. The second-order valence-electron chi connectivity index (χ2n) is 12.4. The van der Waals surface area contributed by atoms with Crippen LogP contribution in [0.2, 0.25) is 0 Å². The van der Waals surface area contributed by atoms with Crippen molar-refractivity contribution in [3.63, 3.8) is 0 Å². The van der Waals surface area contributed by atoms with Crippen molar-refractivity contribution in [2.75, 3.05) is 4.90 Å². The molecule has 0 aliphatic heterocycles. The maximum atomic E-state index is 6.38. The van der Waals surface area contributed by atoms with Crippen LogP contribution in [-0.2, 0) is 0 Å². The summed E-state index contributed by atoms with van der Waals surface area (Å²) in [5.41, 5.74) is 11.0. The minimum Gasteiger partial charge on any atom is -0.455 e. The standard InChI is InChI=1S/C45H28N2O2/c1-2-9-29(10-3-1)30-17-22-33(23-18-30)47(35-26-21-32-28-46-45-43(40(32)27-35)39-12-5-7-16-42(39)49-45)34-24-19-31(20-25-34)36-13-8-14-38-37-11-4-6-15-41(37)48-44(36)38/h1-28H. The number of aromatic nitrogens is 1. The van der Waals surface area contributed by atoms with E-state index in [1.165, 1.54) is 11.1 Å². The molecule has 0 atom stereocenters. The van der Waals surface area contributed by atoms with Crippen LogP contribution >= 0.6 is 0 Å². The number of para-hydroxylation sites is 3. The molecular formula is C45H28N2O2. The smallest absolute Gasteiger partial charge is 0.227 e. The quantitative estimate of drug-likeness (QED) is 0.190. The van der Waals surface area contributed by atoms with E-state index in [0.29, 0.717) is 5.71 Å². The molecule has 0 saturated carbocycles. The lowest BCUT2D eigenvalue weighted by atomic mass is 10.0. The van der Waals surface area contributed by atoms with E-state index in [2.05, 4.69) is 137 Å². The van der Waals surface area contributed by atoms with Crippen LogP contribution in [0.5, 0.6) is 0 Å². The van der Waals surface area contributed by atoms with Crippen LogP contribution in [0.3, 0.4) is 0 Å². The number of pyridine rings is 1. The molecule has 0 unspecified atom stereocenters. The maximum absolute atomic E-state index is 6.38. The molecule has 0 aliphatic rings. The number of benzene rings is 7. The van der Waals surface area contributed by atoms with Gasteiger partial charge in [0.05, 0.1) is 5.39 Å². The monoisotopic (exact) mass is 628 g/mol. The van der Waals surface area contributed by atoms with Gasteiger partial charge in [-0.05, 0) is 70.6 Å². The lowest BCUT2D eigenvalue weighted by Crippen LogP contribution is -2.10. The van der Waals surface area contributed by atoms with Gasteiger partial charge in [-0.1, -0.05) is 115 Å². The first-order chi connectivity index (χ1) is 24.3. The SMILES string of the molecule is c1ccc(-c2ccc(N(c3ccc(-c4cccc5c4oc4ccccc45)cc3)c3ccc4cnc5oc6ccccc6c5c4c3)cc2)cc1. The van der Waals surface area contributed by atoms with Gasteiger partial charge in [-0.3, -0.25) is 0 Å². The van der Waals surface area contributed by atoms with Crippen molar-refractivity contribution < 1.29 is 8.83 Å². The van der Waals surface area contributed by atoms with Gasteiger partial charge < -0.3 is 13.7 Å². The van der Waals surface area contributed by atoms with E-state index in [1.54, 1.807) is 0 Å². The first-order valence-corrected chi connectivity index (χ1v) is 16.4. The summed E-state index contributed by atoms with van der Waals surface area (Å²) >= 11 is 0. The Morgan fingerprint density at radius 1 is 0.429 bits per heavy atom. The summed E-state index contributed by atoms with van der Waals surface area (Å²) in [7, 11) is 0. The van der Waals surface area contributed by atoms with E-state index in [0.717, 1.165) is 77.3 Å². The Bertz CT molecular complexity index is 2810. The first-order valence-electron chi connectivity index (χ1n) is 16.4. The Morgan fingerprint density at radius 3 is 1.82 bits per heavy atom. The zero-order valence-corrected chi connectivity index (χ0v) is 26.4. The average Bonchev–Trinajstić information content (AvgIpc) is 3.75.